The molecule has 6 nitrogen and oxygen atoms in total. The molecule has 1 aliphatic heterocycles. The zero-order valence-electron chi connectivity index (χ0n) is 15.3. The van der Waals surface area contributed by atoms with Gasteiger partial charge in [-0.2, -0.15) is 0 Å². The van der Waals surface area contributed by atoms with Crippen LogP contribution in [-0.2, 0) is 20.7 Å². The first kappa shape index (κ1) is 18.6. The van der Waals surface area contributed by atoms with Crippen LogP contribution in [-0.4, -0.2) is 31.4 Å². The molecule has 0 aliphatic carbocycles. The molecule has 0 radical (unpaired) electrons. The van der Waals surface area contributed by atoms with Crippen LogP contribution < -0.4 is 10.6 Å². The second-order valence-corrected chi connectivity index (χ2v) is 6.68. The maximum Gasteiger partial charge on any atom is 0.305 e. The van der Waals surface area contributed by atoms with E-state index in [1.165, 1.54) is 7.11 Å². The number of amides is 1. The molecule has 1 heterocycles. The molecule has 140 valence electrons. The third-order valence-electron chi connectivity index (χ3n) is 4.91. The number of nitrogens with one attached hydrogen (secondary N) is 1. The average Bonchev–Trinajstić information content (AvgIpc) is 3.08. The molecular weight excluding hydrogens is 342 g/mol. The lowest BCUT2D eigenvalue weighted by atomic mass is 9.96. The van der Waals surface area contributed by atoms with Gasteiger partial charge in [0.15, 0.2) is 0 Å². The Bertz CT molecular complexity index is 844. The van der Waals surface area contributed by atoms with E-state index in [9.17, 15) is 9.59 Å². The Morgan fingerprint density at radius 3 is 2.44 bits per heavy atom. The molecule has 1 unspecified atom stereocenters. The number of aryl methyl sites for hydroxylation is 1. The van der Waals surface area contributed by atoms with Gasteiger partial charge in [-0.25, -0.2) is 0 Å². The first-order valence-electron chi connectivity index (χ1n) is 8.88. The van der Waals surface area contributed by atoms with Gasteiger partial charge in [0, 0.05) is 36.6 Å². The molecule has 1 saturated heterocycles. The molecule has 1 amide bonds. The van der Waals surface area contributed by atoms with Crippen molar-refractivity contribution in [2.45, 2.75) is 25.2 Å². The van der Waals surface area contributed by atoms with Crippen molar-refractivity contribution >= 4 is 23.4 Å². The van der Waals surface area contributed by atoms with Crippen LogP contribution in [0.5, 0.6) is 0 Å². The maximum atomic E-state index is 12.5. The number of nitrogens with zero attached hydrogens (tertiary/aromatic N) is 1. The number of amidine groups is 1. The number of nitrogen functional groups attached to an aromatic ring is 1. The van der Waals surface area contributed by atoms with E-state index < -0.39 is 0 Å². The van der Waals surface area contributed by atoms with Crippen molar-refractivity contribution in [3.05, 3.63) is 65.2 Å². The highest BCUT2D eigenvalue weighted by molar-refractivity contribution is 5.98. The van der Waals surface area contributed by atoms with Crippen LogP contribution in [0.3, 0.4) is 0 Å². The highest BCUT2D eigenvalue weighted by Crippen LogP contribution is 2.32. The summed E-state index contributed by atoms with van der Waals surface area (Å²) in [6, 6.07) is 15.3. The second kappa shape index (κ2) is 8.03. The number of esters is 1. The molecular formula is C21H23N3O3. The predicted molar refractivity (Wildman–Crippen MR) is 104 cm³/mol. The zero-order chi connectivity index (χ0) is 19.4. The van der Waals surface area contributed by atoms with Gasteiger partial charge in [-0.15, -0.1) is 0 Å². The topological polar surface area (TPSA) is 96.5 Å². The number of rotatable bonds is 6. The normalized spacial score (nSPS) is 16.4. The Morgan fingerprint density at radius 2 is 1.85 bits per heavy atom. The van der Waals surface area contributed by atoms with Crippen LogP contribution >= 0.6 is 0 Å². The number of carbonyl (C=O) groups excluding carboxylic acids is 2. The lowest BCUT2D eigenvalue weighted by Crippen LogP contribution is -2.24. The molecule has 27 heavy (non-hydrogen) atoms. The summed E-state index contributed by atoms with van der Waals surface area (Å²) in [5.41, 5.74) is 9.14. The lowest BCUT2D eigenvalue weighted by molar-refractivity contribution is -0.140. The van der Waals surface area contributed by atoms with Crippen molar-refractivity contribution in [1.29, 1.82) is 5.41 Å². The Morgan fingerprint density at radius 1 is 1.19 bits per heavy atom. The third kappa shape index (κ3) is 4.34. The van der Waals surface area contributed by atoms with E-state index in [1.807, 2.05) is 36.4 Å². The van der Waals surface area contributed by atoms with Crippen molar-refractivity contribution in [3.8, 4) is 0 Å². The second-order valence-electron chi connectivity index (χ2n) is 6.68. The van der Waals surface area contributed by atoms with Gasteiger partial charge < -0.3 is 15.4 Å². The Labute approximate surface area is 158 Å². The summed E-state index contributed by atoms with van der Waals surface area (Å²) in [5, 5.41) is 7.45. The van der Waals surface area contributed by atoms with E-state index >= 15 is 0 Å². The van der Waals surface area contributed by atoms with Crippen LogP contribution in [0.25, 0.3) is 0 Å². The van der Waals surface area contributed by atoms with Gasteiger partial charge in [0.2, 0.25) is 5.91 Å². The molecule has 1 atom stereocenters. The maximum absolute atomic E-state index is 12.5. The van der Waals surface area contributed by atoms with E-state index in [1.54, 1.807) is 17.0 Å². The van der Waals surface area contributed by atoms with Crippen LogP contribution in [0.1, 0.15) is 35.4 Å². The SMILES string of the molecule is COC(=O)CCc1ccc(C2CC(=O)N(c3ccc(C(=N)N)cc3)C2)cc1. The number of hydrogen-bond donors (Lipinski definition) is 2. The number of benzene rings is 2. The number of ether oxygens (including phenoxy) is 1. The summed E-state index contributed by atoms with van der Waals surface area (Å²) >= 11 is 0. The Hall–Kier alpha value is -3.15. The van der Waals surface area contributed by atoms with E-state index in [2.05, 4.69) is 4.74 Å². The van der Waals surface area contributed by atoms with Crippen LogP contribution in [0.4, 0.5) is 5.69 Å². The summed E-state index contributed by atoms with van der Waals surface area (Å²) in [6.45, 7) is 0.625. The van der Waals surface area contributed by atoms with Crippen LogP contribution in [0, 0.1) is 5.41 Å². The van der Waals surface area contributed by atoms with Crippen molar-refractivity contribution in [2.75, 3.05) is 18.6 Å². The number of nitrogens with two attached hydrogens (primary N) is 1. The molecule has 3 rings (SSSR count). The molecule has 1 aliphatic rings. The van der Waals surface area contributed by atoms with Gasteiger partial charge in [0.05, 0.1) is 7.11 Å². The fourth-order valence-electron chi connectivity index (χ4n) is 3.31. The minimum Gasteiger partial charge on any atom is -0.469 e. The zero-order valence-corrected chi connectivity index (χ0v) is 15.3. The van der Waals surface area contributed by atoms with E-state index in [-0.39, 0.29) is 23.6 Å². The number of hydrogen-bond acceptors (Lipinski definition) is 4. The number of methoxy groups -OCH3 is 1. The molecule has 0 spiro atoms. The largest absolute Gasteiger partial charge is 0.469 e. The molecule has 0 bridgehead atoms. The summed E-state index contributed by atoms with van der Waals surface area (Å²) in [7, 11) is 1.39. The van der Waals surface area contributed by atoms with Crippen LogP contribution in [0.15, 0.2) is 48.5 Å². The highest BCUT2D eigenvalue weighted by Gasteiger charge is 2.31. The molecule has 3 N–H and O–H groups in total. The number of carbonyl (C=O) groups is 2. The Kier molecular flexibility index (Phi) is 5.54. The standard InChI is InChI=1S/C21H23N3O3/c1-27-20(26)11-4-14-2-5-15(6-3-14)17-12-19(25)24(13-17)18-9-7-16(8-10-18)21(22)23/h2-3,5-10,17H,4,11-13H2,1H3,(H3,22,23). The van der Waals surface area contributed by atoms with Gasteiger partial charge in [0.25, 0.3) is 0 Å². The summed E-state index contributed by atoms with van der Waals surface area (Å²) in [5.74, 6) is 0.0244. The molecule has 1 fully saturated rings. The fourth-order valence-corrected chi connectivity index (χ4v) is 3.31. The quantitative estimate of drug-likeness (QED) is 0.467. The van der Waals surface area contributed by atoms with Crippen molar-refractivity contribution in [3.63, 3.8) is 0 Å². The first-order valence-corrected chi connectivity index (χ1v) is 8.88. The van der Waals surface area contributed by atoms with Crippen molar-refractivity contribution in [2.24, 2.45) is 5.73 Å². The third-order valence-corrected chi connectivity index (χ3v) is 4.91. The van der Waals surface area contributed by atoms with E-state index in [4.69, 9.17) is 11.1 Å². The van der Waals surface area contributed by atoms with E-state index in [0.717, 1.165) is 16.8 Å². The van der Waals surface area contributed by atoms with E-state index in [0.29, 0.717) is 31.4 Å². The van der Waals surface area contributed by atoms with Gasteiger partial charge in [-0.1, -0.05) is 24.3 Å². The molecule has 0 saturated carbocycles. The monoisotopic (exact) mass is 365 g/mol. The Balaban J connectivity index is 1.66. The predicted octanol–water partition coefficient (Wildman–Crippen LogP) is 2.60. The summed E-state index contributed by atoms with van der Waals surface area (Å²) < 4.78 is 4.66. The van der Waals surface area contributed by atoms with Gasteiger partial charge in [-0.3, -0.25) is 15.0 Å². The molecule has 2 aromatic rings. The van der Waals surface area contributed by atoms with Crippen molar-refractivity contribution in [1.82, 2.24) is 0 Å². The minimum absolute atomic E-state index is 0.0134. The molecule has 2 aromatic carbocycles. The lowest BCUT2D eigenvalue weighted by Gasteiger charge is -2.17. The van der Waals surface area contributed by atoms with Gasteiger partial charge >= 0.3 is 5.97 Å². The smallest absolute Gasteiger partial charge is 0.305 e. The summed E-state index contributed by atoms with van der Waals surface area (Å²) in [4.78, 5) is 25.5. The minimum atomic E-state index is -0.216. The highest BCUT2D eigenvalue weighted by atomic mass is 16.5. The van der Waals surface area contributed by atoms with Crippen molar-refractivity contribution < 1.29 is 14.3 Å². The first-order chi connectivity index (χ1) is 13.0. The van der Waals surface area contributed by atoms with Crippen LogP contribution in [0.2, 0.25) is 0 Å². The number of anilines is 1. The molecule has 0 aromatic heterocycles. The van der Waals surface area contributed by atoms with Gasteiger partial charge in [0.1, 0.15) is 5.84 Å². The fraction of sp³-hybridized carbons (Fsp3) is 0.286. The van der Waals surface area contributed by atoms with Gasteiger partial charge in [-0.05, 0) is 41.8 Å². The molecule has 6 heteroatoms. The summed E-state index contributed by atoms with van der Waals surface area (Å²) in [6.07, 6.45) is 1.48. The average molecular weight is 365 g/mol.